The van der Waals surface area contributed by atoms with Crippen molar-refractivity contribution >= 4 is 0 Å². The second-order valence-electron chi connectivity index (χ2n) is 4.24. The van der Waals surface area contributed by atoms with E-state index in [2.05, 4.69) is 19.2 Å². The van der Waals surface area contributed by atoms with Crippen molar-refractivity contribution in [1.29, 1.82) is 0 Å². The summed E-state index contributed by atoms with van der Waals surface area (Å²) in [5.74, 6) is 0.605. The van der Waals surface area contributed by atoms with E-state index in [1.165, 1.54) is 0 Å². The van der Waals surface area contributed by atoms with Gasteiger partial charge in [-0.15, -0.1) is 0 Å². The van der Waals surface area contributed by atoms with Crippen LogP contribution in [0.15, 0.2) is 0 Å². The van der Waals surface area contributed by atoms with Gasteiger partial charge in [0.05, 0.1) is 6.61 Å². The van der Waals surface area contributed by atoms with Crippen molar-refractivity contribution in [3.8, 4) is 0 Å². The number of ether oxygens (including phenoxy) is 1. The summed E-state index contributed by atoms with van der Waals surface area (Å²) in [6.45, 7) is 8.10. The first kappa shape index (κ1) is 12.9. The SMILES string of the molecule is COCCC(C)(CO)NCC(C)C. The predicted octanol–water partition coefficient (Wildman–Crippen LogP) is 1.02. The van der Waals surface area contributed by atoms with Crippen LogP contribution in [0.4, 0.5) is 0 Å². The molecular formula is C10H23NO2. The maximum absolute atomic E-state index is 9.21. The molecule has 0 amide bonds. The summed E-state index contributed by atoms with van der Waals surface area (Å²) < 4.78 is 5.00. The van der Waals surface area contributed by atoms with Crippen molar-refractivity contribution < 1.29 is 9.84 Å². The molecule has 0 aliphatic heterocycles. The van der Waals surface area contributed by atoms with E-state index in [0.29, 0.717) is 12.5 Å². The van der Waals surface area contributed by atoms with Crippen LogP contribution in [0.3, 0.4) is 0 Å². The number of nitrogens with one attached hydrogen (secondary N) is 1. The largest absolute Gasteiger partial charge is 0.394 e. The van der Waals surface area contributed by atoms with Crippen LogP contribution in [0, 0.1) is 5.92 Å². The molecule has 0 bridgehead atoms. The summed E-state index contributed by atoms with van der Waals surface area (Å²) in [4.78, 5) is 0. The maximum atomic E-state index is 9.21. The van der Waals surface area contributed by atoms with Gasteiger partial charge in [0.15, 0.2) is 0 Å². The summed E-state index contributed by atoms with van der Waals surface area (Å²) in [5.41, 5.74) is -0.194. The lowest BCUT2D eigenvalue weighted by molar-refractivity contribution is 0.114. The van der Waals surface area contributed by atoms with Crippen molar-refractivity contribution in [2.75, 3.05) is 26.9 Å². The molecule has 0 aromatic carbocycles. The Bertz CT molecular complexity index is 128. The minimum Gasteiger partial charge on any atom is -0.394 e. The zero-order chi connectivity index (χ0) is 10.3. The van der Waals surface area contributed by atoms with Crippen LogP contribution in [0.25, 0.3) is 0 Å². The molecule has 0 heterocycles. The molecule has 0 aliphatic rings. The Balaban J connectivity index is 3.81. The normalized spacial score (nSPS) is 16.2. The van der Waals surface area contributed by atoms with Gasteiger partial charge in [-0.3, -0.25) is 0 Å². The first-order valence-corrected chi connectivity index (χ1v) is 4.89. The predicted molar refractivity (Wildman–Crippen MR) is 54.8 cm³/mol. The van der Waals surface area contributed by atoms with Crippen LogP contribution < -0.4 is 5.32 Å². The molecule has 0 fully saturated rings. The molecule has 3 heteroatoms. The fourth-order valence-corrected chi connectivity index (χ4v) is 1.00. The van der Waals surface area contributed by atoms with Crippen LogP contribution in [-0.2, 0) is 4.74 Å². The third-order valence-corrected chi connectivity index (χ3v) is 2.14. The molecule has 0 saturated carbocycles. The Morgan fingerprint density at radius 1 is 1.46 bits per heavy atom. The molecule has 3 nitrogen and oxygen atoms in total. The third-order valence-electron chi connectivity index (χ3n) is 2.14. The highest BCUT2D eigenvalue weighted by atomic mass is 16.5. The second-order valence-corrected chi connectivity index (χ2v) is 4.24. The van der Waals surface area contributed by atoms with Gasteiger partial charge in [0.2, 0.25) is 0 Å². The van der Waals surface area contributed by atoms with E-state index in [1.54, 1.807) is 7.11 Å². The molecule has 0 spiro atoms. The van der Waals surface area contributed by atoms with Gasteiger partial charge in [-0.2, -0.15) is 0 Å². The van der Waals surface area contributed by atoms with Gasteiger partial charge >= 0.3 is 0 Å². The molecule has 0 aliphatic carbocycles. The molecule has 0 aromatic rings. The van der Waals surface area contributed by atoms with Crippen LogP contribution in [0.2, 0.25) is 0 Å². The molecule has 0 rings (SSSR count). The average Bonchev–Trinajstić information content (AvgIpc) is 2.11. The maximum Gasteiger partial charge on any atom is 0.0611 e. The van der Waals surface area contributed by atoms with E-state index >= 15 is 0 Å². The minimum atomic E-state index is -0.194. The first-order valence-electron chi connectivity index (χ1n) is 4.89. The highest BCUT2D eigenvalue weighted by molar-refractivity contribution is 4.82. The summed E-state index contributed by atoms with van der Waals surface area (Å²) in [6, 6.07) is 0. The standard InChI is InChI=1S/C10H23NO2/c1-9(2)7-11-10(3,8-12)5-6-13-4/h9,11-12H,5-8H2,1-4H3. The van der Waals surface area contributed by atoms with E-state index in [0.717, 1.165) is 13.0 Å². The fourth-order valence-electron chi connectivity index (χ4n) is 1.00. The van der Waals surface area contributed by atoms with Crippen molar-refractivity contribution in [3.05, 3.63) is 0 Å². The number of hydrogen-bond acceptors (Lipinski definition) is 3. The third kappa shape index (κ3) is 6.02. The van der Waals surface area contributed by atoms with E-state index in [4.69, 9.17) is 4.74 Å². The summed E-state index contributed by atoms with van der Waals surface area (Å²) in [7, 11) is 1.68. The molecule has 80 valence electrons. The first-order chi connectivity index (χ1) is 6.04. The molecule has 0 radical (unpaired) electrons. The Hall–Kier alpha value is -0.120. The van der Waals surface area contributed by atoms with Crippen molar-refractivity contribution in [2.45, 2.75) is 32.7 Å². The highest BCUT2D eigenvalue weighted by Gasteiger charge is 2.21. The van der Waals surface area contributed by atoms with Gasteiger partial charge in [0.25, 0.3) is 0 Å². The average molecular weight is 189 g/mol. The summed E-state index contributed by atoms with van der Waals surface area (Å²) in [6.07, 6.45) is 0.840. The Morgan fingerprint density at radius 3 is 2.46 bits per heavy atom. The molecule has 1 unspecified atom stereocenters. The van der Waals surface area contributed by atoms with Crippen molar-refractivity contribution in [2.24, 2.45) is 5.92 Å². The topological polar surface area (TPSA) is 41.5 Å². The van der Waals surface area contributed by atoms with E-state index < -0.39 is 0 Å². The molecular weight excluding hydrogens is 166 g/mol. The lowest BCUT2D eigenvalue weighted by Crippen LogP contribution is -2.47. The molecule has 0 saturated heterocycles. The second kappa shape index (κ2) is 6.35. The molecule has 0 aromatic heterocycles. The van der Waals surface area contributed by atoms with Crippen LogP contribution >= 0.6 is 0 Å². The Morgan fingerprint density at radius 2 is 2.08 bits per heavy atom. The van der Waals surface area contributed by atoms with Gasteiger partial charge in [-0.1, -0.05) is 13.8 Å². The zero-order valence-corrected chi connectivity index (χ0v) is 9.26. The zero-order valence-electron chi connectivity index (χ0n) is 9.26. The van der Waals surface area contributed by atoms with Crippen LogP contribution in [0.1, 0.15) is 27.2 Å². The Labute approximate surface area is 81.5 Å². The van der Waals surface area contributed by atoms with E-state index in [1.807, 2.05) is 6.92 Å². The Kier molecular flexibility index (Phi) is 6.29. The number of aliphatic hydroxyl groups excluding tert-OH is 1. The van der Waals surface area contributed by atoms with Gasteiger partial charge in [-0.25, -0.2) is 0 Å². The van der Waals surface area contributed by atoms with Gasteiger partial charge in [0, 0.05) is 19.3 Å². The lowest BCUT2D eigenvalue weighted by Gasteiger charge is -2.29. The summed E-state index contributed by atoms with van der Waals surface area (Å²) >= 11 is 0. The monoisotopic (exact) mass is 189 g/mol. The van der Waals surface area contributed by atoms with Gasteiger partial charge in [-0.05, 0) is 25.8 Å². The van der Waals surface area contributed by atoms with Gasteiger partial charge < -0.3 is 15.2 Å². The van der Waals surface area contributed by atoms with Crippen LogP contribution in [-0.4, -0.2) is 37.5 Å². The van der Waals surface area contributed by atoms with E-state index in [-0.39, 0.29) is 12.1 Å². The number of hydrogen-bond donors (Lipinski definition) is 2. The van der Waals surface area contributed by atoms with Crippen molar-refractivity contribution in [1.82, 2.24) is 5.32 Å². The smallest absolute Gasteiger partial charge is 0.0611 e. The molecule has 1 atom stereocenters. The van der Waals surface area contributed by atoms with Crippen molar-refractivity contribution in [3.63, 3.8) is 0 Å². The minimum absolute atomic E-state index is 0.156. The molecule has 2 N–H and O–H groups in total. The van der Waals surface area contributed by atoms with Gasteiger partial charge in [0.1, 0.15) is 0 Å². The highest BCUT2D eigenvalue weighted by Crippen LogP contribution is 2.09. The number of rotatable bonds is 7. The lowest BCUT2D eigenvalue weighted by atomic mass is 9.98. The number of aliphatic hydroxyl groups is 1. The summed E-state index contributed by atoms with van der Waals surface area (Å²) in [5, 5.41) is 12.6. The quantitative estimate of drug-likeness (QED) is 0.628. The van der Waals surface area contributed by atoms with Crippen LogP contribution in [0.5, 0.6) is 0 Å². The molecule has 13 heavy (non-hydrogen) atoms. The van der Waals surface area contributed by atoms with E-state index in [9.17, 15) is 5.11 Å². The fraction of sp³-hybridized carbons (Fsp3) is 1.00. The number of methoxy groups -OCH3 is 1.